The van der Waals surface area contributed by atoms with Gasteiger partial charge in [0.05, 0.1) is 34.0 Å². The molecule has 0 saturated carbocycles. The molecule has 0 atom stereocenters. The number of fused-ring (bicyclic) bond motifs is 11. The van der Waals surface area contributed by atoms with Crippen LogP contribution >= 0.6 is 0 Å². The lowest BCUT2D eigenvalue weighted by Gasteiger charge is -2.16. The molecule has 0 fully saturated rings. The van der Waals surface area contributed by atoms with Crippen molar-refractivity contribution in [3.05, 3.63) is 225 Å². The molecule has 0 aliphatic rings. The standard InChI is InChI=1S/C60H37N3/c1-2-17-41(18-3-1)63-57-28-13-12-25-52(57)55-36-39(29-34-58(55)63)43-31-33-51(47-22-7-5-20-45(43)47)50-32-30-42(44-19-4-6-21-46(44)50)38-15-14-16-40(35-38)56-37-61-59-53-26-10-8-23-48(53)49-24-9-11-27-54(49)60(59)62-56/h1-37H. The van der Waals surface area contributed by atoms with E-state index in [0.29, 0.717) is 0 Å². The first-order valence-electron chi connectivity index (χ1n) is 21.6. The van der Waals surface area contributed by atoms with Crippen LogP contribution in [0.15, 0.2) is 225 Å². The van der Waals surface area contributed by atoms with Gasteiger partial charge in [-0.25, -0.2) is 4.98 Å². The van der Waals surface area contributed by atoms with E-state index in [9.17, 15) is 0 Å². The second kappa shape index (κ2) is 14.1. The number of aromatic nitrogens is 3. The summed E-state index contributed by atoms with van der Waals surface area (Å²) in [6, 6.07) is 79.1. The number of para-hydroxylation sites is 2. The van der Waals surface area contributed by atoms with Gasteiger partial charge in [-0.2, -0.15) is 0 Å². The molecule has 0 saturated heterocycles. The Bertz CT molecular complexity index is 3940. The quantitative estimate of drug-likeness (QED) is 0.162. The second-order valence-electron chi connectivity index (χ2n) is 16.5. The number of rotatable bonds is 5. The van der Waals surface area contributed by atoms with Crippen molar-refractivity contribution in [3.8, 4) is 50.3 Å². The van der Waals surface area contributed by atoms with Gasteiger partial charge in [0.15, 0.2) is 0 Å². The monoisotopic (exact) mass is 799 g/mol. The van der Waals surface area contributed by atoms with Gasteiger partial charge in [0.2, 0.25) is 0 Å². The summed E-state index contributed by atoms with van der Waals surface area (Å²) in [4.78, 5) is 10.4. The molecule has 3 heteroatoms. The van der Waals surface area contributed by atoms with E-state index >= 15 is 0 Å². The largest absolute Gasteiger partial charge is 0.309 e. The van der Waals surface area contributed by atoms with Gasteiger partial charge in [0, 0.05) is 32.8 Å². The summed E-state index contributed by atoms with van der Waals surface area (Å²) in [6.07, 6.45) is 1.93. The highest BCUT2D eigenvalue weighted by atomic mass is 15.0. The van der Waals surface area contributed by atoms with Crippen molar-refractivity contribution in [1.29, 1.82) is 0 Å². The fraction of sp³-hybridized carbons (Fsp3) is 0. The predicted molar refractivity (Wildman–Crippen MR) is 266 cm³/mol. The first-order chi connectivity index (χ1) is 31.3. The molecule has 11 aromatic carbocycles. The van der Waals surface area contributed by atoms with Crippen molar-refractivity contribution in [3.63, 3.8) is 0 Å². The lowest BCUT2D eigenvalue weighted by molar-refractivity contribution is 1.18. The summed E-state index contributed by atoms with van der Waals surface area (Å²) in [6.45, 7) is 0. The highest BCUT2D eigenvalue weighted by Crippen LogP contribution is 2.43. The highest BCUT2D eigenvalue weighted by Gasteiger charge is 2.18. The van der Waals surface area contributed by atoms with Crippen molar-refractivity contribution < 1.29 is 0 Å². The minimum Gasteiger partial charge on any atom is -0.309 e. The molecule has 13 rings (SSSR count). The lowest BCUT2D eigenvalue weighted by Crippen LogP contribution is -1.93. The molecule has 0 aliphatic carbocycles. The van der Waals surface area contributed by atoms with Crippen molar-refractivity contribution in [2.24, 2.45) is 0 Å². The number of benzene rings is 11. The maximum atomic E-state index is 5.31. The summed E-state index contributed by atoms with van der Waals surface area (Å²) < 4.78 is 2.38. The van der Waals surface area contributed by atoms with Gasteiger partial charge in [-0.3, -0.25) is 4.98 Å². The zero-order chi connectivity index (χ0) is 41.4. The van der Waals surface area contributed by atoms with Crippen LogP contribution in [0.1, 0.15) is 0 Å². The van der Waals surface area contributed by atoms with Gasteiger partial charge in [0.1, 0.15) is 0 Å². The Hall–Kier alpha value is -8.40. The maximum absolute atomic E-state index is 5.31. The van der Waals surface area contributed by atoms with Crippen LogP contribution in [0.5, 0.6) is 0 Å². The SMILES string of the molecule is c1ccc(-n2c3ccccc3c3cc(-c4ccc(-c5ccc(-c6cccc(-c7cnc8c9ccccc9c9ccccc9c8n7)c6)c6ccccc56)c5ccccc45)ccc32)cc1. The van der Waals surface area contributed by atoms with Crippen molar-refractivity contribution >= 4 is 75.9 Å². The third kappa shape index (κ3) is 5.53. The number of nitrogens with zero attached hydrogens (tertiary/aromatic N) is 3. The normalized spacial score (nSPS) is 11.8. The molecular weight excluding hydrogens is 763 g/mol. The topological polar surface area (TPSA) is 30.7 Å². The van der Waals surface area contributed by atoms with E-state index in [4.69, 9.17) is 9.97 Å². The fourth-order valence-electron chi connectivity index (χ4n) is 10.2. The Morgan fingerprint density at radius 1 is 0.286 bits per heavy atom. The molecule has 0 unspecified atom stereocenters. The average Bonchev–Trinajstić information content (AvgIpc) is 3.69. The van der Waals surface area contributed by atoms with E-state index in [1.165, 1.54) is 87.6 Å². The van der Waals surface area contributed by atoms with Crippen molar-refractivity contribution in [2.45, 2.75) is 0 Å². The van der Waals surface area contributed by atoms with Crippen LogP contribution in [0, 0.1) is 0 Å². The molecule has 3 nitrogen and oxygen atoms in total. The molecular formula is C60H37N3. The maximum Gasteiger partial charge on any atom is 0.0979 e. The molecule has 0 spiro atoms. The van der Waals surface area contributed by atoms with E-state index in [1.807, 2.05) is 6.20 Å². The Balaban J connectivity index is 0.919. The molecule has 0 bridgehead atoms. The number of hydrogen-bond donors (Lipinski definition) is 0. The summed E-state index contributed by atoms with van der Waals surface area (Å²) in [5.41, 5.74) is 14.5. The van der Waals surface area contributed by atoms with Crippen LogP contribution in [-0.2, 0) is 0 Å². The molecule has 2 heterocycles. The molecule has 13 aromatic rings. The Labute approximate surface area is 363 Å². The zero-order valence-corrected chi connectivity index (χ0v) is 34.2. The van der Waals surface area contributed by atoms with E-state index in [-0.39, 0.29) is 0 Å². The minimum absolute atomic E-state index is 0.860. The van der Waals surface area contributed by atoms with Crippen LogP contribution in [0.2, 0.25) is 0 Å². The third-order valence-corrected chi connectivity index (χ3v) is 13.0. The van der Waals surface area contributed by atoms with Crippen LogP contribution in [0.25, 0.3) is 126 Å². The van der Waals surface area contributed by atoms with Gasteiger partial charge in [-0.05, 0) is 102 Å². The Kier molecular flexibility index (Phi) is 7.91. The average molecular weight is 800 g/mol. The molecule has 292 valence electrons. The van der Waals surface area contributed by atoms with E-state index in [1.54, 1.807) is 0 Å². The molecule has 2 aromatic heterocycles. The van der Waals surface area contributed by atoms with Crippen LogP contribution < -0.4 is 0 Å². The summed E-state index contributed by atoms with van der Waals surface area (Å²) in [7, 11) is 0. The van der Waals surface area contributed by atoms with Crippen LogP contribution in [-0.4, -0.2) is 14.5 Å². The lowest BCUT2D eigenvalue weighted by atomic mass is 9.87. The summed E-state index contributed by atoms with van der Waals surface area (Å²) in [5.74, 6) is 0. The van der Waals surface area contributed by atoms with Crippen LogP contribution in [0.3, 0.4) is 0 Å². The highest BCUT2D eigenvalue weighted by molar-refractivity contribution is 6.23. The van der Waals surface area contributed by atoms with Crippen LogP contribution in [0.4, 0.5) is 0 Å². The van der Waals surface area contributed by atoms with Gasteiger partial charge < -0.3 is 4.57 Å². The first kappa shape index (κ1) is 35.4. The molecule has 0 aliphatic heterocycles. The minimum atomic E-state index is 0.860. The van der Waals surface area contributed by atoms with E-state index in [0.717, 1.165) is 38.6 Å². The molecule has 0 radical (unpaired) electrons. The van der Waals surface area contributed by atoms with Crippen molar-refractivity contribution in [1.82, 2.24) is 14.5 Å². The van der Waals surface area contributed by atoms with Gasteiger partial charge in [-0.1, -0.05) is 182 Å². The molecule has 63 heavy (non-hydrogen) atoms. The Morgan fingerprint density at radius 2 is 0.762 bits per heavy atom. The summed E-state index contributed by atoms with van der Waals surface area (Å²) in [5, 5.41) is 12.0. The first-order valence-corrected chi connectivity index (χ1v) is 21.6. The second-order valence-corrected chi connectivity index (χ2v) is 16.5. The van der Waals surface area contributed by atoms with Gasteiger partial charge >= 0.3 is 0 Å². The number of hydrogen-bond acceptors (Lipinski definition) is 2. The zero-order valence-electron chi connectivity index (χ0n) is 34.2. The fourth-order valence-corrected chi connectivity index (χ4v) is 10.2. The predicted octanol–water partition coefficient (Wildman–Crippen LogP) is 16.0. The summed E-state index contributed by atoms with van der Waals surface area (Å²) >= 11 is 0. The Morgan fingerprint density at radius 3 is 1.41 bits per heavy atom. The van der Waals surface area contributed by atoms with E-state index < -0.39 is 0 Å². The van der Waals surface area contributed by atoms with E-state index in [2.05, 4.69) is 223 Å². The molecule has 0 N–H and O–H groups in total. The van der Waals surface area contributed by atoms with Gasteiger partial charge in [-0.15, -0.1) is 0 Å². The molecule has 0 amide bonds. The third-order valence-electron chi connectivity index (χ3n) is 13.0. The van der Waals surface area contributed by atoms with Gasteiger partial charge in [0.25, 0.3) is 0 Å². The smallest absolute Gasteiger partial charge is 0.0979 e. The van der Waals surface area contributed by atoms with Crippen molar-refractivity contribution in [2.75, 3.05) is 0 Å².